The predicted octanol–water partition coefficient (Wildman–Crippen LogP) is 2.43. The van der Waals surface area contributed by atoms with E-state index in [9.17, 15) is 4.79 Å². The lowest BCUT2D eigenvalue weighted by Crippen LogP contribution is -2.26. The summed E-state index contributed by atoms with van der Waals surface area (Å²) in [4.78, 5) is 14.2. The number of carbonyl (C=O) groups excluding carboxylic acids is 1. The summed E-state index contributed by atoms with van der Waals surface area (Å²) < 4.78 is 5.24. The van der Waals surface area contributed by atoms with E-state index in [2.05, 4.69) is 0 Å². The number of amides is 1. The molecule has 0 saturated heterocycles. The second-order valence-corrected chi connectivity index (χ2v) is 4.88. The van der Waals surface area contributed by atoms with Crippen molar-refractivity contribution in [2.45, 2.75) is 13.1 Å². The van der Waals surface area contributed by atoms with Gasteiger partial charge in [-0.25, -0.2) is 0 Å². The van der Waals surface area contributed by atoms with Crippen LogP contribution in [-0.4, -0.2) is 25.0 Å². The van der Waals surface area contributed by atoms with Gasteiger partial charge in [-0.2, -0.15) is 0 Å². The first-order valence-electron chi connectivity index (χ1n) is 6.82. The van der Waals surface area contributed by atoms with Gasteiger partial charge >= 0.3 is 0 Å². The van der Waals surface area contributed by atoms with E-state index in [-0.39, 0.29) is 5.91 Å². The molecule has 1 amide bonds. The van der Waals surface area contributed by atoms with Crippen molar-refractivity contribution in [2.24, 2.45) is 5.73 Å². The largest absolute Gasteiger partial charge is 0.496 e. The highest BCUT2D eigenvalue weighted by Crippen LogP contribution is 2.19. The van der Waals surface area contributed by atoms with Crippen LogP contribution in [0.15, 0.2) is 48.5 Å². The highest BCUT2D eigenvalue weighted by Gasteiger charge is 2.16. The molecule has 0 aliphatic heterocycles. The molecular formula is C17H20N2O2. The first-order valence-corrected chi connectivity index (χ1v) is 6.82. The van der Waals surface area contributed by atoms with Crippen LogP contribution in [0.25, 0.3) is 0 Å². The zero-order chi connectivity index (χ0) is 15.2. The lowest BCUT2D eigenvalue weighted by atomic mass is 10.1. The molecule has 4 heteroatoms. The SMILES string of the molecule is COc1ccccc1C(=O)N(C)Cc1ccc(CN)cc1. The van der Waals surface area contributed by atoms with Gasteiger partial charge in [0.2, 0.25) is 0 Å². The minimum Gasteiger partial charge on any atom is -0.496 e. The number of hydrogen-bond donors (Lipinski definition) is 1. The van der Waals surface area contributed by atoms with E-state index in [0.29, 0.717) is 24.4 Å². The third kappa shape index (κ3) is 3.61. The smallest absolute Gasteiger partial charge is 0.257 e. The quantitative estimate of drug-likeness (QED) is 0.917. The molecular weight excluding hydrogens is 264 g/mol. The van der Waals surface area contributed by atoms with E-state index in [1.54, 1.807) is 31.2 Å². The third-order valence-electron chi connectivity index (χ3n) is 3.36. The van der Waals surface area contributed by atoms with Crippen LogP contribution in [0.2, 0.25) is 0 Å². The fourth-order valence-corrected chi connectivity index (χ4v) is 2.15. The maximum atomic E-state index is 12.5. The average Bonchev–Trinajstić information content (AvgIpc) is 2.54. The van der Waals surface area contributed by atoms with Gasteiger partial charge in [0, 0.05) is 20.1 Å². The predicted molar refractivity (Wildman–Crippen MR) is 83.1 cm³/mol. The highest BCUT2D eigenvalue weighted by atomic mass is 16.5. The van der Waals surface area contributed by atoms with Crippen molar-refractivity contribution >= 4 is 5.91 Å². The van der Waals surface area contributed by atoms with E-state index >= 15 is 0 Å². The number of carbonyl (C=O) groups is 1. The number of rotatable bonds is 5. The minimum atomic E-state index is -0.0599. The normalized spacial score (nSPS) is 10.2. The fourth-order valence-electron chi connectivity index (χ4n) is 2.15. The Hall–Kier alpha value is -2.33. The average molecular weight is 284 g/mol. The Morgan fingerprint density at radius 2 is 1.71 bits per heavy atom. The number of ether oxygens (including phenoxy) is 1. The lowest BCUT2D eigenvalue weighted by Gasteiger charge is -2.19. The molecule has 21 heavy (non-hydrogen) atoms. The van der Waals surface area contributed by atoms with E-state index in [4.69, 9.17) is 10.5 Å². The summed E-state index contributed by atoms with van der Waals surface area (Å²) in [5.41, 5.74) is 8.30. The molecule has 0 heterocycles. The lowest BCUT2D eigenvalue weighted by molar-refractivity contribution is 0.0781. The van der Waals surface area contributed by atoms with Gasteiger partial charge in [-0.3, -0.25) is 4.79 Å². The second kappa shape index (κ2) is 6.90. The van der Waals surface area contributed by atoms with E-state index in [1.807, 2.05) is 36.4 Å². The van der Waals surface area contributed by atoms with Gasteiger partial charge in [-0.15, -0.1) is 0 Å². The van der Waals surface area contributed by atoms with Crippen molar-refractivity contribution in [1.29, 1.82) is 0 Å². The summed E-state index contributed by atoms with van der Waals surface area (Å²) in [7, 11) is 3.35. The molecule has 0 fully saturated rings. The standard InChI is InChI=1S/C17H20N2O2/c1-19(12-14-9-7-13(11-18)8-10-14)17(20)15-5-3-4-6-16(15)21-2/h3-10H,11-12,18H2,1-2H3. The van der Waals surface area contributed by atoms with Crippen molar-refractivity contribution in [3.05, 3.63) is 65.2 Å². The molecule has 0 aliphatic rings. The summed E-state index contributed by atoms with van der Waals surface area (Å²) in [6.07, 6.45) is 0. The number of para-hydroxylation sites is 1. The van der Waals surface area contributed by atoms with Crippen LogP contribution in [0.1, 0.15) is 21.5 Å². The molecule has 2 aromatic rings. The van der Waals surface area contributed by atoms with Crippen LogP contribution >= 0.6 is 0 Å². The Balaban J connectivity index is 2.11. The van der Waals surface area contributed by atoms with Crippen LogP contribution in [-0.2, 0) is 13.1 Å². The van der Waals surface area contributed by atoms with Gasteiger partial charge < -0.3 is 15.4 Å². The third-order valence-corrected chi connectivity index (χ3v) is 3.36. The summed E-state index contributed by atoms with van der Waals surface area (Å²) in [5, 5.41) is 0. The topological polar surface area (TPSA) is 55.6 Å². The highest BCUT2D eigenvalue weighted by molar-refractivity contribution is 5.96. The Morgan fingerprint density at radius 1 is 1.10 bits per heavy atom. The van der Waals surface area contributed by atoms with Gasteiger partial charge in [-0.05, 0) is 23.3 Å². The molecule has 0 saturated carbocycles. The molecule has 0 aromatic heterocycles. The van der Waals surface area contributed by atoms with Crippen molar-refractivity contribution in [3.8, 4) is 5.75 Å². The Kier molecular flexibility index (Phi) is 4.95. The van der Waals surface area contributed by atoms with Gasteiger partial charge in [0.1, 0.15) is 5.75 Å². The van der Waals surface area contributed by atoms with Gasteiger partial charge in [0.25, 0.3) is 5.91 Å². The second-order valence-electron chi connectivity index (χ2n) is 4.88. The van der Waals surface area contributed by atoms with Gasteiger partial charge in [0.15, 0.2) is 0 Å². The summed E-state index contributed by atoms with van der Waals surface area (Å²) in [6, 6.07) is 15.2. The Morgan fingerprint density at radius 3 is 2.33 bits per heavy atom. The molecule has 0 bridgehead atoms. The van der Waals surface area contributed by atoms with Crippen LogP contribution < -0.4 is 10.5 Å². The van der Waals surface area contributed by atoms with Crippen molar-refractivity contribution < 1.29 is 9.53 Å². The summed E-state index contributed by atoms with van der Waals surface area (Å²) >= 11 is 0. The number of nitrogens with two attached hydrogens (primary N) is 1. The Bertz CT molecular complexity index is 608. The maximum absolute atomic E-state index is 12.5. The molecule has 2 rings (SSSR count). The van der Waals surface area contributed by atoms with Crippen molar-refractivity contribution in [2.75, 3.05) is 14.2 Å². The molecule has 0 unspecified atom stereocenters. The van der Waals surface area contributed by atoms with E-state index in [1.165, 1.54) is 0 Å². The van der Waals surface area contributed by atoms with Crippen LogP contribution in [0, 0.1) is 0 Å². The van der Waals surface area contributed by atoms with Crippen molar-refractivity contribution in [3.63, 3.8) is 0 Å². The molecule has 2 aromatic carbocycles. The first kappa shape index (κ1) is 15.1. The van der Waals surface area contributed by atoms with Crippen LogP contribution in [0.3, 0.4) is 0 Å². The number of methoxy groups -OCH3 is 1. The fraction of sp³-hybridized carbons (Fsp3) is 0.235. The summed E-state index contributed by atoms with van der Waals surface area (Å²) in [6.45, 7) is 1.07. The number of hydrogen-bond acceptors (Lipinski definition) is 3. The maximum Gasteiger partial charge on any atom is 0.257 e. The monoisotopic (exact) mass is 284 g/mol. The molecule has 0 atom stereocenters. The van der Waals surface area contributed by atoms with E-state index in [0.717, 1.165) is 11.1 Å². The molecule has 110 valence electrons. The first-order chi connectivity index (χ1) is 10.2. The van der Waals surface area contributed by atoms with E-state index < -0.39 is 0 Å². The molecule has 0 radical (unpaired) electrons. The van der Waals surface area contributed by atoms with Crippen molar-refractivity contribution in [1.82, 2.24) is 4.90 Å². The number of benzene rings is 2. The molecule has 0 spiro atoms. The zero-order valence-corrected chi connectivity index (χ0v) is 12.4. The zero-order valence-electron chi connectivity index (χ0n) is 12.4. The van der Waals surface area contributed by atoms with Gasteiger partial charge in [0.05, 0.1) is 12.7 Å². The van der Waals surface area contributed by atoms with Crippen LogP contribution in [0.4, 0.5) is 0 Å². The molecule has 4 nitrogen and oxygen atoms in total. The molecule has 2 N–H and O–H groups in total. The van der Waals surface area contributed by atoms with Crippen LogP contribution in [0.5, 0.6) is 5.75 Å². The summed E-state index contributed by atoms with van der Waals surface area (Å²) in [5.74, 6) is 0.531. The number of nitrogens with zero attached hydrogens (tertiary/aromatic N) is 1. The molecule has 0 aliphatic carbocycles. The van der Waals surface area contributed by atoms with Gasteiger partial charge in [-0.1, -0.05) is 36.4 Å². The Labute approximate surface area is 125 Å². The minimum absolute atomic E-state index is 0.0599.